The highest BCUT2D eigenvalue weighted by Crippen LogP contribution is 2.45. The van der Waals surface area contributed by atoms with E-state index < -0.39 is 23.6 Å². The Morgan fingerprint density at radius 2 is 1.50 bits per heavy atom. The first-order chi connectivity index (χ1) is 12.2. The molecule has 2 aromatic rings. The molecule has 0 unspecified atom stereocenters. The van der Waals surface area contributed by atoms with Gasteiger partial charge in [0, 0.05) is 12.5 Å². The molecule has 0 spiro atoms. The van der Waals surface area contributed by atoms with E-state index in [0.717, 1.165) is 27.2 Å². The largest absolute Gasteiger partial charge is 0.465 e. The lowest BCUT2D eigenvalue weighted by Gasteiger charge is -2.36. The molecule has 4 nitrogen and oxygen atoms in total. The normalized spacial score (nSPS) is 14.5. The lowest BCUT2D eigenvalue weighted by Crippen LogP contribution is -2.51. The second-order valence-electron chi connectivity index (χ2n) is 7.73. The van der Waals surface area contributed by atoms with Gasteiger partial charge in [0.05, 0.1) is 0 Å². The average molecular weight is 355 g/mol. The monoisotopic (exact) mass is 355 g/mol. The highest BCUT2D eigenvalue weighted by molar-refractivity contribution is 5.82. The summed E-state index contributed by atoms with van der Waals surface area (Å²) in [6.07, 6.45) is -1.29. The van der Waals surface area contributed by atoms with Gasteiger partial charge in [-0.1, -0.05) is 69.3 Å². The van der Waals surface area contributed by atoms with Crippen molar-refractivity contribution in [2.24, 2.45) is 5.41 Å². The summed E-state index contributed by atoms with van der Waals surface area (Å²) in [5, 5.41) is 9.72. The number of hydrogen-bond donors (Lipinski definition) is 1. The number of amides is 1. The van der Waals surface area contributed by atoms with Gasteiger partial charge in [-0.15, -0.1) is 0 Å². The van der Waals surface area contributed by atoms with Crippen molar-refractivity contribution >= 4 is 12.1 Å². The van der Waals surface area contributed by atoms with Crippen molar-refractivity contribution < 1.29 is 19.1 Å². The average Bonchev–Trinajstić information content (AvgIpc) is 2.87. The second kappa shape index (κ2) is 6.56. The Labute approximate surface area is 152 Å². The number of carbonyl (C=O) groups excluding carboxylic acids is 1. The van der Waals surface area contributed by atoms with Crippen LogP contribution in [0, 0.1) is 5.41 Å². The molecule has 0 aliphatic heterocycles. The van der Waals surface area contributed by atoms with E-state index in [9.17, 15) is 19.1 Å². The molecule has 0 aromatic heterocycles. The van der Waals surface area contributed by atoms with Crippen molar-refractivity contribution in [3.05, 3.63) is 59.7 Å². The summed E-state index contributed by atoms with van der Waals surface area (Å²) in [4.78, 5) is 24.5. The standard InChI is InChI=1S/C21H22FNO3/c1-21(2,3)18(19(22)24)23(20(25)26)12-17-15-10-6-4-8-13(15)14-9-5-7-11-16(14)17/h4-11,17-18H,12H2,1-3H3,(H,25,26)/t18-/m1/s1. The van der Waals surface area contributed by atoms with Crippen LogP contribution in [-0.4, -0.2) is 34.7 Å². The minimum absolute atomic E-state index is 0.0287. The van der Waals surface area contributed by atoms with Crippen LogP contribution in [0.15, 0.2) is 48.5 Å². The van der Waals surface area contributed by atoms with Crippen molar-refractivity contribution in [3.63, 3.8) is 0 Å². The van der Waals surface area contributed by atoms with Gasteiger partial charge >= 0.3 is 12.1 Å². The fraction of sp³-hybridized carbons (Fsp3) is 0.333. The Kier molecular flexibility index (Phi) is 4.57. The number of carboxylic acid groups (broad SMARTS) is 1. The fourth-order valence-electron chi connectivity index (χ4n) is 3.88. The molecule has 5 heteroatoms. The third kappa shape index (κ3) is 3.09. The maximum absolute atomic E-state index is 13.8. The molecule has 1 N–H and O–H groups in total. The lowest BCUT2D eigenvalue weighted by atomic mass is 9.85. The number of carbonyl (C=O) groups is 2. The molecule has 0 fully saturated rings. The van der Waals surface area contributed by atoms with Gasteiger partial charge in [0.2, 0.25) is 0 Å². The van der Waals surface area contributed by atoms with Crippen LogP contribution in [0.2, 0.25) is 0 Å². The molecule has 3 rings (SSSR count). The molecule has 26 heavy (non-hydrogen) atoms. The molecule has 1 atom stereocenters. The van der Waals surface area contributed by atoms with E-state index in [4.69, 9.17) is 0 Å². The van der Waals surface area contributed by atoms with Gasteiger partial charge in [0.1, 0.15) is 6.04 Å². The summed E-state index contributed by atoms with van der Waals surface area (Å²) in [6, 6.07) is 12.6. The number of nitrogens with zero attached hydrogens (tertiary/aromatic N) is 1. The van der Waals surface area contributed by atoms with Crippen LogP contribution in [0.1, 0.15) is 37.8 Å². The topological polar surface area (TPSA) is 57.6 Å². The predicted molar refractivity (Wildman–Crippen MR) is 97.8 cm³/mol. The Hall–Kier alpha value is -2.69. The maximum atomic E-state index is 13.8. The summed E-state index contributed by atoms with van der Waals surface area (Å²) in [7, 11) is 0. The Morgan fingerprint density at radius 1 is 1.04 bits per heavy atom. The van der Waals surface area contributed by atoms with Crippen LogP contribution < -0.4 is 0 Å². The molecule has 0 bridgehead atoms. The molecule has 1 amide bonds. The van der Waals surface area contributed by atoms with E-state index >= 15 is 0 Å². The first-order valence-electron chi connectivity index (χ1n) is 8.59. The van der Waals surface area contributed by atoms with Crippen molar-refractivity contribution in [1.82, 2.24) is 4.90 Å². The molecule has 0 saturated carbocycles. The molecule has 1 aliphatic rings. The molecular formula is C21H22FNO3. The van der Waals surface area contributed by atoms with Gasteiger partial charge < -0.3 is 5.11 Å². The van der Waals surface area contributed by atoms with Gasteiger partial charge in [-0.05, 0) is 27.7 Å². The summed E-state index contributed by atoms with van der Waals surface area (Å²) < 4.78 is 13.8. The van der Waals surface area contributed by atoms with E-state index in [1.165, 1.54) is 0 Å². The smallest absolute Gasteiger partial charge is 0.408 e. The number of fused-ring (bicyclic) bond motifs is 3. The highest BCUT2D eigenvalue weighted by atomic mass is 19.1. The zero-order chi connectivity index (χ0) is 19.1. The third-order valence-corrected chi connectivity index (χ3v) is 4.93. The molecular weight excluding hydrogens is 333 g/mol. The summed E-state index contributed by atoms with van der Waals surface area (Å²) in [5.41, 5.74) is 3.26. The zero-order valence-corrected chi connectivity index (χ0v) is 15.1. The number of rotatable bonds is 4. The van der Waals surface area contributed by atoms with Crippen molar-refractivity contribution in [2.75, 3.05) is 6.54 Å². The van der Waals surface area contributed by atoms with E-state index in [1.807, 2.05) is 48.5 Å². The van der Waals surface area contributed by atoms with E-state index in [-0.39, 0.29) is 12.5 Å². The van der Waals surface area contributed by atoms with Gasteiger partial charge in [-0.3, -0.25) is 9.69 Å². The Morgan fingerprint density at radius 3 is 1.88 bits per heavy atom. The highest BCUT2D eigenvalue weighted by Gasteiger charge is 2.42. The van der Waals surface area contributed by atoms with E-state index in [0.29, 0.717) is 0 Å². The van der Waals surface area contributed by atoms with Crippen LogP contribution in [0.3, 0.4) is 0 Å². The quantitative estimate of drug-likeness (QED) is 0.810. The van der Waals surface area contributed by atoms with E-state index in [2.05, 4.69) is 0 Å². The second-order valence-corrected chi connectivity index (χ2v) is 7.73. The van der Waals surface area contributed by atoms with Gasteiger partial charge in [-0.2, -0.15) is 4.39 Å². The molecule has 136 valence electrons. The molecule has 0 radical (unpaired) electrons. The van der Waals surface area contributed by atoms with E-state index in [1.54, 1.807) is 20.8 Å². The molecule has 1 aliphatic carbocycles. The van der Waals surface area contributed by atoms with Crippen LogP contribution >= 0.6 is 0 Å². The summed E-state index contributed by atoms with van der Waals surface area (Å²) in [5.74, 6) is -0.234. The first-order valence-corrected chi connectivity index (χ1v) is 8.59. The fourth-order valence-corrected chi connectivity index (χ4v) is 3.88. The SMILES string of the molecule is CC(C)(C)[C@@H](C(=O)F)N(CC1c2ccccc2-c2ccccc21)C(=O)O. The molecule has 2 aromatic carbocycles. The Bertz CT molecular complexity index is 811. The van der Waals surface area contributed by atoms with Crippen molar-refractivity contribution in [1.29, 1.82) is 0 Å². The molecule has 0 saturated heterocycles. The van der Waals surface area contributed by atoms with Crippen LogP contribution in [0.4, 0.5) is 9.18 Å². The van der Waals surface area contributed by atoms with Crippen LogP contribution in [-0.2, 0) is 4.79 Å². The van der Waals surface area contributed by atoms with Crippen molar-refractivity contribution in [3.8, 4) is 11.1 Å². The van der Waals surface area contributed by atoms with Crippen LogP contribution in [0.25, 0.3) is 11.1 Å². The summed E-state index contributed by atoms with van der Waals surface area (Å²) >= 11 is 0. The first kappa shape index (κ1) is 18.1. The predicted octanol–water partition coefficient (Wildman–Crippen LogP) is 4.69. The number of benzene rings is 2. The minimum Gasteiger partial charge on any atom is -0.465 e. The van der Waals surface area contributed by atoms with Gasteiger partial charge in [0.25, 0.3) is 0 Å². The van der Waals surface area contributed by atoms with Crippen LogP contribution in [0.5, 0.6) is 0 Å². The number of halogens is 1. The Balaban J connectivity index is 2.05. The molecule has 0 heterocycles. The third-order valence-electron chi connectivity index (χ3n) is 4.93. The van der Waals surface area contributed by atoms with Gasteiger partial charge in [0.15, 0.2) is 0 Å². The number of hydrogen-bond acceptors (Lipinski definition) is 2. The lowest BCUT2D eigenvalue weighted by molar-refractivity contribution is -0.138. The van der Waals surface area contributed by atoms with Crippen molar-refractivity contribution in [2.45, 2.75) is 32.7 Å². The minimum atomic E-state index is -1.63. The van der Waals surface area contributed by atoms with Gasteiger partial charge in [-0.25, -0.2) is 4.79 Å². The summed E-state index contributed by atoms with van der Waals surface area (Å²) in [6.45, 7) is 5.03. The zero-order valence-electron chi connectivity index (χ0n) is 15.1. The maximum Gasteiger partial charge on any atom is 0.408 e.